The van der Waals surface area contributed by atoms with E-state index < -0.39 is 23.3 Å². The summed E-state index contributed by atoms with van der Waals surface area (Å²) in [6, 6.07) is 7.96. The zero-order chi connectivity index (χ0) is 20.9. The van der Waals surface area contributed by atoms with E-state index in [2.05, 4.69) is 10.1 Å². The molecule has 3 nitrogen and oxygen atoms in total. The predicted octanol–water partition coefficient (Wildman–Crippen LogP) is 6.40. The molecular formula is C20H12ClF4N3S. The van der Waals surface area contributed by atoms with E-state index in [0.717, 1.165) is 10.9 Å². The van der Waals surface area contributed by atoms with Crippen molar-refractivity contribution in [2.45, 2.75) is 6.92 Å². The van der Waals surface area contributed by atoms with Crippen LogP contribution in [-0.4, -0.2) is 14.8 Å². The number of aryl methyl sites for hydroxylation is 2. The fourth-order valence-corrected chi connectivity index (χ4v) is 4.27. The summed E-state index contributed by atoms with van der Waals surface area (Å²) in [7, 11) is 1.63. The van der Waals surface area contributed by atoms with Crippen LogP contribution in [0.25, 0.3) is 33.2 Å². The van der Waals surface area contributed by atoms with E-state index in [1.54, 1.807) is 20.0 Å². The molecule has 0 aliphatic rings. The molecule has 0 radical (unpaired) electrons. The minimum absolute atomic E-state index is 0.0530. The van der Waals surface area contributed by atoms with Gasteiger partial charge in [0.05, 0.1) is 10.6 Å². The average Bonchev–Trinajstić information content (AvgIpc) is 3.22. The van der Waals surface area contributed by atoms with Gasteiger partial charge in [0.15, 0.2) is 29.1 Å². The lowest BCUT2D eigenvalue weighted by molar-refractivity contribution is 0.449. The lowest BCUT2D eigenvalue weighted by Crippen LogP contribution is -1.95. The van der Waals surface area contributed by atoms with E-state index in [-0.39, 0.29) is 22.0 Å². The van der Waals surface area contributed by atoms with Crippen LogP contribution in [0.1, 0.15) is 4.88 Å². The first kappa shape index (κ1) is 19.6. The van der Waals surface area contributed by atoms with Gasteiger partial charge in [0.1, 0.15) is 5.82 Å². The van der Waals surface area contributed by atoms with Gasteiger partial charge in [-0.3, -0.25) is 0 Å². The molecule has 0 amide bonds. The first-order valence-corrected chi connectivity index (χ1v) is 9.57. The summed E-state index contributed by atoms with van der Waals surface area (Å²) in [5.74, 6) is -4.07. The first-order valence-electron chi connectivity index (χ1n) is 8.38. The monoisotopic (exact) mass is 437 g/mol. The number of nitrogens with zero attached hydrogens (tertiary/aromatic N) is 3. The van der Waals surface area contributed by atoms with E-state index in [1.807, 2.05) is 0 Å². The van der Waals surface area contributed by atoms with Crippen LogP contribution in [0.4, 0.5) is 17.6 Å². The molecule has 0 saturated carbocycles. The maximum absolute atomic E-state index is 14.2. The minimum Gasteiger partial charge on any atom is -0.248 e. The molecule has 0 aliphatic carbocycles. The van der Waals surface area contributed by atoms with E-state index >= 15 is 0 Å². The van der Waals surface area contributed by atoms with Crippen molar-refractivity contribution in [3.8, 4) is 33.2 Å². The predicted molar refractivity (Wildman–Crippen MR) is 105 cm³/mol. The van der Waals surface area contributed by atoms with E-state index in [1.165, 1.54) is 40.3 Å². The zero-order valence-electron chi connectivity index (χ0n) is 15.1. The van der Waals surface area contributed by atoms with Crippen molar-refractivity contribution in [2.24, 2.45) is 7.05 Å². The van der Waals surface area contributed by atoms with Crippen LogP contribution < -0.4 is 0 Å². The largest absolute Gasteiger partial charge is 0.248 e. The van der Waals surface area contributed by atoms with Crippen molar-refractivity contribution in [3.63, 3.8) is 0 Å². The van der Waals surface area contributed by atoms with Crippen LogP contribution in [0, 0.1) is 30.2 Å². The maximum atomic E-state index is 14.2. The topological polar surface area (TPSA) is 30.7 Å². The van der Waals surface area contributed by atoms with Gasteiger partial charge in [-0.25, -0.2) is 27.2 Å². The van der Waals surface area contributed by atoms with Crippen LogP contribution in [0.5, 0.6) is 0 Å². The van der Waals surface area contributed by atoms with Gasteiger partial charge in [0.25, 0.3) is 0 Å². The summed E-state index contributed by atoms with van der Waals surface area (Å²) in [5, 5.41) is 4.42. The molecule has 0 atom stereocenters. The van der Waals surface area contributed by atoms with E-state index in [9.17, 15) is 17.6 Å². The van der Waals surface area contributed by atoms with Crippen molar-refractivity contribution >= 4 is 22.9 Å². The molecule has 9 heteroatoms. The number of halogens is 5. The average molecular weight is 438 g/mol. The lowest BCUT2D eigenvalue weighted by Gasteiger charge is -2.01. The normalized spacial score (nSPS) is 11.3. The Morgan fingerprint density at radius 2 is 1.72 bits per heavy atom. The summed E-state index contributed by atoms with van der Waals surface area (Å²) < 4.78 is 56.7. The van der Waals surface area contributed by atoms with Gasteiger partial charge in [0, 0.05) is 27.9 Å². The molecule has 0 spiro atoms. The summed E-state index contributed by atoms with van der Waals surface area (Å²) in [5.41, 5.74) is 0.640. The van der Waals surface area contributed by atoms with Gasteiger partial charge in [-0.2, -0.15) is 5.10 Å². The fourth-order valence-electron chi connectivity index (χ4n) is 2.99. The maximum Gasteiger partial charge on any atom is 0.195 e. The molecule has 4 aromatic rings. The Bertz CT molecular complexity index is 1230. The highest BCUT2D eigenvalue weighted by atomic mass is 35.5. The lowest BCUT2D eigenvalue weighted by atomic mass is 10.1. The second-order valence-electron chi connectivity index (χ2n) is 6.28. The van der Waals surface area contributed by atoms with E-state index in [0.29, 0.717) is 16.3 Å². The van der Waals surface area contributed by atoms with Gasteiger partial charge in [-0.05, 0) is 37.3 Å². The Balaban J connectivity index is 1.82. The molecule has 0 saturated heterocycles. The smallest absolute Gasteiger partial charge is 0.195 e. The molecule has 0 N–H and O–H groups in total. The van der Waals surface area contributed by atoms with Gasteiger partial charge in [0.2, 0.25) is 0 Å². The molecule has 0 aliphatic heterocycles. The molecule has 0 fully saturated rings. The van der Waals surface area contributed by atoms with Gasteiger partial charge in [-0.15, -0.1) is 11.3 Å². The molecule has 2 aromatic heterocycles. The van der Waals surface area contributed by atoms with Crippen molar-refractivity contribution in [3.05, 3.63) is 69.6 Å². The quantitative estimate of drug-likeness (QED) is 0.274. The highest BCUT2D eigenvalue weighted by molar-refractivity contribution is 7.16. The Morgan fingerprint density at radius 3 is 2.45 bits per heavy atom. The molecule has 2 heterocycles. The molecule has 148 valence electrons. The first-order chi connectivity index (χ1) is 13.8. The molecule has 0 unspecified atom stereocenters. The Hall–Kier alpha value is -2.71. The third-order valence-electron chi connectivity index (χ3n) is 4.41. The molecule has 29 heavy (non-hydrogen) atoms. The van der Waals surface area contributed by atoms with Crippen molar-refractivity contribution < 1.29 is 17.6 Å². The van der Waals surface area contributed by atoms with Crippen LogP contribution in [0.3, 0.4) is 0 Å². The summed E-state index contributed by atoms with van der Waals surface area (Å²) >= 11 is 7.30. The van der Waals surface area contributed by atoms with Crippen molar-refractivity contribution in [1.82, 2.24) is 14.8 Å². The third-order valence-corrected chi connectivity index (χ3v) is 5.81. The Kier molecular flexibility index (Phi) is 4.92. The standard InChI is InChI=1S/C20H12ClF4N3S/c1-9-11(8-15(29-9)10-6-7-14(23)18(25)17(10)24)20-26-19(27-28(20)2)16-12(21)4-3-5-13(16)22/h3-8H,1-2H3. The number of rotatable bonds is 3. The van der Waals surface area contributed by atoms with Crippen molar-refractivity contribution in [1.29, 1.82) is 0 Å². The second-order valence-corrected chi connectivity index (χ2v) is 7.95. The summed E-state index contributed by atoms with van der Waals surface area (Å²) in [6.45, 7) is 1.78. The van der Waals surface area contributed by atoms with Gasteiger partial charge >= 0.3 is 0 Å². The van der Waals surface area contributed by atoms with Crippen LogP contribution in [-0.2, 0) is 7.05 Å². The number of thiophene rings is 1. The Labute approximate surface area is 172 Å². The minimum atomic E-state index is -1.52. The second kappa shape index (κ2) is 7.27. The third kappa shape index (κ3) is 3.32. The summed E-state index contributed by atoms with van der Waals surface area (Å²) in [6.07, 6.45) is 0. The molecule has 0 bridgehead atoms. The van der Waals surface area contributed by atoms with Crippen LogP contribution >= 0.6 is 22.9 Å². The van der Waals surface area contributed by atoms with Crippen molar-refractivity contribution in [2.75, 3.05) is 0 Å². The number of aromatic nitrogens is 3. The number of hydrogen-bond acceptors (Lipinski definition) is 3. The highest BCUT2D eigenvalue weighted by Crippen LogP contribution is 2.39. The Morgan fingerprint density at radius 1 is 0.966 bits per heavy atom. The number of benzene rings is 2. The molecule has 4 rings (SSSR count). The van der Waals surface area contributed by atoms with Crippen LogP contribution in [0.15, 0.2) is 36.4 Å². The highest BCUT2D eigenvalue weighted by Gasteiger charge is 2.22. The van der Waals surface area contributed by atoms with Crippen LogP contribution in [0.2, 0.25) is 5.02 Å². The SMILES string of the molecule is Cc1sc(-c2ccc(F)c(F)c2F)cc1-c1nc(-c2c(F)cccc2Cl)nn1C. The van der Waals surface area contributed by atoms with Gasteiger partial charge < -0.3 is 0 Å². The summed E-state index contributed by atoms with van der Waals surface area (Å²) in [4.78, 5) is 5.56. The zero-order valence-corrected chi connectivity index (χ0v) is 16.7. The molecule has 2 aromatic carbocycles. The number of hydrogen-bond donors (Lipinski definition) is 0. The molecular weight excluding hydrogens is 426 g/mol. The van der Waals surface area contributed by atoms with Gasteiger partial charge in [-0.1, -0.05) is 17.7 Å². The fraction of sp³-hybridized carbons (Fsp3) is 0.100. The van der Waals surface area contributed by atoms with E-state index in [4.69, 9.17) is 11.6 Å².